The average Bonchev–Trinajstić information content (AvgIpc) is 3.36. The highest BCUT2D eigenvalue weighted by Gasteiger charge is 2.46. The van der Waals surface area contributed by atoms with Gasteiger partial charge in [0.15, 0.2) is 0 Å². The predicted molar refractivity (Wildman–Crippen MR) is 131 cm³/mol. The Morgan fingerprint density at radius 1 is 1.00 bits per heavy atom. The largest absolute Gasteiger partial charge is 0.508 e. The molecule has 1 aliphatic rings. The van der Waals surface area contributed by atoms with Crippen LogP contribution in [0.1, 0.15) is 22.7 Å². The number of nitrogens with one attached hydrogen (secondary N) is 1. The number of aliphatic hydroxyl groups excluding tert-OH is 1. The molecule has 6 nitrogen and oxygen atoms in total. The van der Waals surface area contributed by atoms with Crippen LogP contribution in [0.3, 0.4) is 0 Å². The maximum absolute atomic E-state index is 13.1. The van der Waals surface area contributed by atoms with Crippen LogP contribution in [0.15, 0.2) is 84.6 Å². The Labute approximate surface area is 200 Å². The van der Waals surface area contributed by atoms with Crippen molar-refractivity contribution in [3.05, 3.63) is 106 Å². The number of hydrogen-bond acceptors (Lipinski definition) is 4. The van der Waals surface area contributed by atoms with Crippen molar-refractivity contribution in [3.8, 4) is 5.75 Å². The summed E-state index contributed by atoms with van der Waals surface area (Å²) in [4.78, 5) is 31.0. The first-order chi connectivity index (χ1) is 16.4. The molecular weight excluding hydrogens is 452 g/mol. The molecule has 1 fully saturated rings. The maximum atomic E-state index is 13.1. The van der Waals surface area contributed by atoms with E-state index in [1.165, 1.54) is 17.0 Å². The van der Waals surface area contributed by atoms with E-state index in [4.69, 9.17) is 11.6 Å². The Kier molecular flexibility index (Phi) is 5.59. The molecule has 5 rings (SSSR count). The first kappa shape index (κ1) is 21.8. The summed E-state index contributed by atoms with van der Waals surface area (Å²) in [6.07, 6.45) is 2.41. The van der Waals surface area contributed by atoms with E-state index in [-0.39, 0.29) is 23.6 Å². The number of hydrogen-bond donors (Lipinski definition) is 3. The Morgan fingerprint density at radius 3 is 2.53 bits per heavy atom. The average molecular weight is 473 g/mol. The van der Waals surface area contributed by atoms with Gasteiger partial charge in [0.05, 0.1) is 11.6 Å². The number of fused-ring (bicyclic) bond motifs is 1. The summed E-state index contributed by atoms with van der Waals surface area (Å²) in [5.41, 5.74) is 2.91. The molecule has 1 saturated heterocycles. The number of Topliss-reactive ketones (excluding diaryl/α,β-unsaturated/α-hetero) is 1. The zero-order valence-electron chi connectivity index (χ0n) is 18.0. The highest BCUT2D eigenvalue weighted by Crippen LogP contribution is 2.40. The van der Waals surface area contributed by atoms with Crippen LogP contribution in [0.2, 0.25) is 5.02 Å². The molecule has 7 heteroatoms. The lowest BCUT2D eigenvalue weighted by Gasteiger charge is -2.25. The highest BCUT2D eigenvalue weighted by atomic mass is 35.5. The number of halogens is 1. The summed E-state index contributed by atoms with van der Waals surface area (Å²) in [6, 6.07) is 19.8. The molecule has 0 aliphatic carbocycles. The Bertz CT molecular complexity index is 1440. The van der Waals surface area contributed by atoms with Crippen LogP contribution >= 0.6 is 11.6 Å². The normalized spacial score (nSPS) is 17.6. The first-order valence-electron chi connectivity index (χ1n) is 10.8. The molecule has 3 N–H and O–H groups in total. The lowest BCUT2D eigenvalue weighted by Crippen LogP contribution is -2.31. The zero-order valence-corrected chi connectivity index (χ0v) is 18.8. The van der Waals surface area contributed by atoms with E-state index in [9.17, 15) is 19.8 Å². The van der Waals surface area contributed by atoms with E-state index < -0.39 is 17.7 Å². The minimum absolute atomic E-state index is 0.00575. The number of ketones is 1. The fraction of sp³-hybridized carbons (Fsp3) is 0.111. The molecule has 4 aromatic rings. The van der Waals surface area contributed by atoms with Gasteiger partial charge in [0.2, 0.25) is 0 Å². The number of para-hydroxylation sites is 1. The van der Waals surface area contributed by atoms with Gasteiger partial charge in [-0.15, -0.1) is 0 Å². The van der Waals surface area contributed by atoms with Crippen molar-refractivity contribution in [1.82, 2.24) is 9.88 Å². The Balaban J connectivity index is 1.57. The van der Waals surface area contributed by atoms with Crippen LogP contribution in [-0.4, -0.2) is 38.3 Å². The summed E-state index contributed by atoms with van der Waals surface area (Å²) < 4.78 is 0. The molecule has 1 atom stereocenters. The number of phenolic OH excluding ortho intramolecular Hbond substituents is 1. The van der Waals surface area contributed by atoms with Crippen molar-refractivity contribution in [2.75, 3.05) is 6.54 Å². The van der Waals surface area contributed by atoms with Gasteiger partial charge in [-0.05, 0) is 60.0 Å². The molecule has 2 heterocycles. The molecule has 0 bridgehead atoms. The molecule has 1 aromatic heterocycles. The number of carbonyl (C=O) groups excluding carboxylic acids is 2. The van der Waals surface area contributed by atoms with Crippen molar-refractivity contribution >= 4 is 40.0 Å². The van der Waals surface area contributed by atoms with Gasteiger partial charge in [-0.3, -0.25) is 9.59 Å². The SMILES string of the molecule is O=C1C(=O)N(CCc2c[nH]c3ccccc23)C(c2cccc(O)c2)C1=C(O)c1ccc(Cl)cc1. The quantitative estimate of drug-likeness (QED) is 0.211. The number of phenols is 1. The number of aliphatic hydroxyl groups is 1. The van der Waals surface area contributed by atoms with Crippen LogP contribution in [-0.2, 0) is 16.0 Å². The van der Waals surface area contributed by atoms with E-state index in [0.717, 1.165) is 16.5 Å². The van der Waals surface area contributed by atoms with Crippen molar-refractivity contribution in [2.24, 2.45) is 0 Å². The van der Waals surface area contributed by atoms with Crippen LogP contribution in [0, 0.1) is 0 Å². The standard InChI is InChI=1S/C27H21ClN2O4/c28-19-10-8-16(9-11-19)25(32)23-24(17-4-3-5-20(31)14-17)30(27(34)26(23)33)13-12-18-15-29-22-7-2-1-6-21(18)22/h1-11,14-15,24,29,31-32H,12-13H2. The van der Waals surface area contributed by atoms with Gasteiger partial charge in [-0.2, -0.15) is 0 Å². The minimum Gasteiger partial charge on any atom is -0.508 e. The van der Waals surface area contributed by atoms with Crippen molar-refractivity contribution < 1.29 is 19.8 Å². The summed E-state index contributed by atoms with van der Waals surface area (Å²) in [7, 11) is 0. The number of aromatic hydroxyl groups is 1. The number of likely N-dealkylation sites (tertiary alicyclic amines) is 1. The number of amides is 1. The summed E-state index contributed by atoms with van der Waals surface area (Å²) in [5.74, 6) is -1.73. The van der Waals surface area contributed by atoms with Crippen LogP contribution in [0.4, 0.5) is 0 Å². The van der Waals surface area contributed by atoms with E-state index >= 15 is 0 Å². The number of H-pyrrole nitrogens is 1. The smallest absolute Gasteiger partial charge is 0.295 e. The third kappa shape index (κ3) is 3.82. The molecule has 0 radical (unpaired) electrons. The van der Waals surface area contributed by atoms with Gasteiger partial charge < -0.3 is 20.1 Å². The van der Waals surface area contributed by atoms with E-state index in [2.05, 4.69) is 4.98 Å². The first-order valence-corrected chi connectivity index (χ1v) is 11.2. The molecule has 1 amide bonds. The second-order valence-corrected chi connectivity index (χ2v) is 8.64. The van der Waals surface area contributed by atoms with E-state index in [0.29, 0.717) is 22.6 Å². The molecule has 3 aromatic carbocycles. The van der Waals surface area contributed by atoms with Crippen LogP contribution in [0.25, 0.3) is 16.7 Å². The van der Waals surface area contributed by atoms with Crippen molar-refractivity contribution in [2.45, 2.75) is 12.5 Å². The molecule has 170 valence electrons. The highest BCUT2D eigenvalue weighted by molar-refractivity contribution is 6.46. The summed E-state index contributed by atoms with van der Waals surface area (Å²) in [5, 5.41) is 22.7. The topological polar surface area (TPSA) is 93.6 Å². The fourth-order valence-electron chi connectivity index (χ4n) is 4.49. The fourth-order valence-corrected chi connectivity index (χ4v) is 4.62. The van der Waals surface area contributed by atoms with Crippen LogP contribution < -0.4 is 0 Å². The number of carbonyl (C=O) groups is 2. The summed E-state index contributed by atoms with van der Waals surface area (Å²) in [6.45, 7) is 0.254. The molecule has 0 spiro atoms. The monoisotopic (exact) mass is 472 g/mol. The Hall–Kier alpha value is -4.03. The second kappa shape index (κ2) is 8.72. The Morgan fingerprint density at radius 2 is 1.76 bits per heavy atom. The number of benzene rings is 3. The van der Waals surface area contributed by atoms with E-state index in [1.54, 1.807) is 36.4 Å². The maximum Gasteiger partial charge on any atom is 0.295 e. The third-order valence-electron chi connectivity index (χ3n) is 6.14. The number of rotatable bonds is 5. The lowest BCUT2D eigenvalue weighted by atomic mass is 9.95. The van der Waals surface area contributed by atoms with Crippen LogP contribution in [0.5, 0.6) is 5.75 Å². The second-order valence-electron chi connectivity index (χ2n) is 8.20. The van der Waals surface area contributed by atoms with Crippen molar-refractivity contribution in [3.63, 3.8) is 0 Å². The van der Waals surface area contributed by atoms with Gasteiger partial charge in [0.25, 0.3) is 11.7 Å². The van der Waals surface area contributed by atoms with Gasteiger partial charge in [-0.1, -0.05) is 41.9 Å². The van der Waals surface area contributed by atoms with Gasteiger partial charge in [0.1, 0.15) is 11.5 Å². The van der Waals surface area contributed by atoms with Gasteiger partial charge >= 0.3 is 0 Å². The van der Waals surface area contributed by atoms with Crippen molar-refractivity contribution in [1.29, 1.82) is 0 Å². The molecule has 0 saturated carbocycles. The zero-order chi connectivity index (χ0) is 23.8. The molecule has 1 unspecified atom stereocenters. The lowest BCUT2D eigenvalue weighted by molar-refractivity contribution is -0.139. The number of aromatic amines is 1. The predicted octanol–water partition coefficient (Wildman–Crippen LogP) is 5.19. The van der Waals surface area contributed by atoms with Gasteiger partial charge in [-0.25, -0.2) is 0 Å². The molecular formula is C27H21ClN2O4. The van der Waals surface area contributed by atoms with Gasteiger partial charge in [0, 0.05) is 34.2 Å². The number of nitrogens with zero attached hydrogens (tertiary/aromatic N) is 1. The third-order valence-corrected chi connectivity index (χ3v) is 6.39. The minimum atomic E-state index is -0.840. The summed E-state index contributed by atoms with van der Waals surface area (Å²) >= 11 is 5.97. The van der Waals surface area contributed by atoms with E-state index in [1.807, 2.05) is 30.5 Å². The molecule has 34 heavy (non-hydrogen) atoms. The molecule has 1 aliphatic heterocycles. The number of aromatic nitrogens is 1.